The molecular formula is C19H13ClN2O4S. The first-order valence-corrected chi connectivity index (χ1v) is 9.10. The lowest BCUT2D eigenvalue weighted by Crippen LogP contribution is -2.08. The standard InChI is InChI=1S/C19H13ClN2O4S/c20-15-9-8-14(12-17(15)22(24)25)19(23)26-21-16(18-7-4-10-27-18)11-13-5-2-1-3-6-13/h1-10,12H,11H2/b21-16+. The van der Waals surface area contributed by atoms with Gasteiger partial charge in [-0.15, -0.1) is 11.3 Å². The van der Waals surface area contributed by atoms with E-state index < -0.39 is 10.9 Å². The van der Waals surface area contributed by atoms with E-state index in [0.717, 1.165) is 16.5 Å². The summed E-state index contributed by atoms with van der Waals surface area (Å²) < 4.78 is 0. The lowest BCUT2D eigenvalue weighted by atomic mass is 10.1. The third-order valence-electron chi connectivity index (χ3n) is 3.64. The molecule has 3 rings (SSSR count). The molecule has 1 aromatic heterocycles. The van der Waals surface area contributed by atoms with Gasteiger partial charge in [-0.3, -0.25) is 10.1 Å². The highest BCUT2D eigenvalue weighted by atomic mass is 35.5. The van der Waals surface area contributed by atoms with Gasteiger partial charge < -0.3 is 4.84 Å². The molecule has 0 fully saturated rings. The van der Waals surface area contributed by atoms with E-state index in [1.807, 2.05) is 47.8 Å². The van der Waals surface area contributed by atoms with Gasteiger partial charge in [-0.2, -0.15) is 0 Å². The summed E-state index contributed by atoms with van der Waals surface area (Å²) in [6, 6.07) is 17.1. The van der Waals surface area contributed by atoms with E-state index in [0.29, 0.717) is 12.1 Å². The van der Waals surface area contributed by atoms with Crippen LogP contribution in [0.1, 0.15) is 20.8 Å². The molecule has 0 aliphatic rings. The first-order chi connectivity index (χ1) is 13.0. The smallest absolute Gasteiger partial charge is 0.312 e. The Labute approximate surface area is 163 Å². The maximum atomic E-state index is 12.3. The number of benzene rings is 2. The van der Waals surface area contributed by atoms with Crippen LogP contribution in [0.15, 0.2) is 71.2 Å². The summed E-state index contributed by atoms with van der Waals surface area (Å²) in [6.07, 6.45) is 0.482. The Hall–Kier alpha value is -3.03. The van der Waals surface area contributed by atoms with E-state index >= 15 is 0 Å². The van der Waals surface area contributed by atoms with Crippen molar-refractivity contribution in [3.8, 4) is 0 Å². The van der Waals surface area contributed by atoms with Crippen LogP contribution in [-0.2, 0) is 11.3 Å². The largest absolute Gasteiger partial charge is 0.365 e. The number of hydrogen-bond acceptors (Lipinski definition) is 6. The number of carbonyl (C=O) groups is 1. The monoisotopic (exact) mass is 400 g/mol. The van der Waals surface area contributed by atoms with Crippen molar-refractivity contribution in [2.24, 2.45) is 5.16 Å². The van der Waals surface area contributed by atoms with Crippen molar-refractivity contribution in [1.29, 1.82) is 0 Å². The summed E-state index contributed by atoms with van der Waals surface area (Å²) in [7, 11) is 0. The topological polar surface area (TPSA) is 81.8 Å². The highest BCUT2D eigenvalue weighted by molar-refractivity contribution is 7.12. The highest BCUT2D eigenvalue weighted by Crippen LogP contribution is 2.25. The van der Waals surface area contributed by atoms with Crippen LogP contribution in [0.3, 0.4) is 0 Å². The summed E-state index contributed by atoms with van der Waals surface area (Å²) in [4.78, 5) is 28.5. The normalized spacial score (nSPS) is 11.2. The van der Waals surface area contributed by atoms with E-state index in [-0.39, 0.29) is 16.3 Å². The third-order valence-corrected chi connectivity index (χ3v) is 4.88. The zero-order valence-corrected chi connectivity index (χ0v) is 15.4. The van der Waals surface area contributed by atoms with Gasteiger partial charge in [-0.05, 0) is 29.1 Å². The Bertz CT molecular complexity index is 988. The van der Waals surface area contributed by atoms with Crippen molar-refractivity contribution in [1.82, 2.24) is 0 Å². The Morgan fingerprint density at radius 1 is 1.15 bits per heavy atom. The molecule has 2 aromatic carbocycles. The molecule has 0 aliphatic carbocycles. The molecule has 0 saturated heterocycles. The highest BCUT2D eigenvalue weighted by Gasteiger charge is 2.18. The van der Waals surface area contributed by atoms with E-state index in [4.69, 9.17) is 16.4 Å². The van der Waals surface area contributed by atoms with Crippen LogP contribution < -0.4 is 0 Å². The Morgan fingerprint density at radius 3 is 2.59 bits per heavy atom. The molecule has 0 spiro atoms. The van der Waals surface area contributed by atoms with E-state index in [2.05, 4.69) is 5.16 Å². The van der Waals surface area contributed by atoms with Gasteiger partial charge in [0.05, 0.1) is 15.4 Å². The molecule has 1 heterocycles. The Morgan fingerprint density at radius 2 is 1.93 bits per heavy atom. The van der Waals surface area contributed by atoms with Gasteiger partial charge in [-0.25, -0.2) is 4.79 Å². The quantitative estimate of drug-likeness (QED) is 0.249. The molecule has 6 nitrogen and oxygen atoms in total. The first-order valence-electron chi connectivity index (χ1n) is 7.84. The number of nitrogens with zero attached hydrogens (tertiary/aromatic N) is 2. The molecule has 27 heavy (non-hydrogen) atoms. The minimum absolute atomic E-state index is 0.0000840. The number of carbonyl (C=O) groups excluding carboxylic acids is 1. The maximum Gasteiger partial charge on any atom is 0.365 e. The van der Waals surface area contributed by atoms with Gasteiger partial charge in [0.2, 0.25) is 0 Å². The number of rotatable bonds is 6. The minimum atomic E-state index is -0.795. The molecular weight excluding hydrogens is 388 g/mol. The molecule has 0 radical (unpaired) electrons. The zero-order chi connectivity index (χ0) is 19.2. The van der Waals surface area contributed by atoms with Crippen molar-refractivity contribution >= 4 is 40.3 Å². The number of oxime groups is 1. The summed E-state index contributed by atoms with van der Waals surface area (Å²) in [5, 5.41) is 16.8. The van der Waals surface area contributed by atoms with Crippen LogP contribution in [0.5, 0.6) is 0 Å². The first kappa shape index (κ1) is 18.8. The molecule has 0 saturated carbocycles. The molecule has 136 valence electrons. The predicted molar refractivity (Wildman–Crippen MR) is 105 cm³/mol. The van der Waals surface area contributed by atoms with Crippen LogP contribution in [-0.4, -0.2) is 16.6 Å². The van der Waals surface area contributed by atoms with E-state index in [1.54, 1.807) is 0 Å². The fourth-order valence-electron chi connectivity index (χ4n) is 2.33. The van der Waals surface area contributed by atoms with Crippen LogP contribution in [0.25, 0.3) is 0 Å². The maximum absolute atomic E-state index is 12.3. The summed E-state index contributed by atoms with van der Waals surface area (Å²) in [6.45, 7) is 0. The number of halogens is 1. The second-order valence-electron chi connectivity index (χ2n) is 5.48. The summed E-state index contributed by atoms with van der Waals surface area (Å²) >= 11 is 7.24. The van der Waals surface area contributed by atoms with Crippen LogP contribution in [0.4, 0.5) is 5.69 Å². The fourth-order valence-corrected chi connectivity index (χ4v) is 3.22. The minimum Gasteiger partial charge on any atom is -0.312 e. The summed E-state index contributed by atoms with van der Waals surface area (Å²) in [5.74, 6) is -0.795. The average Bonchev–Trinajstić information content (AvgIpc) is 3.20. The van der Waals surface area contributed by atoms with Crippen molar-refractivity contribution in [3.63, 3.8) is 0 Å². The van der Waals surface area contributed by atoms with Gasteiger partial charge in [0.25, 0.3) is 5.69 Å². The second-order valence-corrected chi connectivity index (χ2v) is 6.83. The van der Waals surface area contributed by atoms with Crippen molar-refractivity contribution in [3.05, 3.63) is 97.2 Å². The molecule has 0 aliphatic heterocycles. The van der Waals surface area contributed by atoms with Gasteiger partial charge in [0.1, 0.15) is 10.7 Å². The molecule has 0 atom stereocenters. The van der Waals surface area contributed by atoms with Crippen molar-refractivity contribution < 1.29 is 14.6 Å². The lowest BCUT2D eigenvalue weighted by molar-refractivity contribution is -0.384. The average molecular weight is 401 g/mol. The third kappa shape index (κ3) is 4.78. The molecule has 0 amide bonds. The van der Waals surface area contributed by atoms with Crippen LogP contribution >= 0.6 is 22.9 Å². The number of nitro benzene ring substituents is 1. The molecule has 3 aromatic rings. The van der Waals surface area contributed by atoms with Gasteiger partial charge in [-0.1, -0.05) is 53.2 Å². The van der Waals surface area contributed by atoms with Crippen LogP contribution in [0.2, 0.25) is 5.02 Å². The number of thiophene rings is 1. The molecule has 8 heteroatoms. The molecule has 0 unspecified atom stereocenters. The molecule has 0 N–H and O–H groups in total. The van der Waals surface area contributed by atoms with Crippen molar-refractivity contribution in [2.45, 2.75) is 6.42 Å². The number of hydrogen-bond donors (Lipinski definition) is 0. The Balaban J connectivity index is 1.83. The fraction of sp³-hybridized carbons (Fsp3) is 0.0526. The predicted octanol–water partition coefficient (Wildman–Crippen LogP) is 5.11. The van der Waals surface area contributed by atoms with Gasteiger partial charge in [0.15, 0.2) is 0 Å². The molecule has 0 bridgehead atoms. The van der Waals surface area contributed by atoms with Crippen molar-refractivity contribution in [2.75, 3.05) is 0 Å². The Kier molecular flexibility index (Phi) is 5.95. The second kappa shape index (κ2) is 8.57. The lowest BCUT2D eigenvalue weighted by Gasteiger charge is -2.05. The number of nitro groups is 1. The summed E-state index contributed by atoms with van der Waals surface area (Å²) in [5.41, 5.74) is 1.24. The van der Waals surface area contributed by atoms with E-state index in [1.165, 1.54) is 23.5 Å². The van der Waals surface area contributed by atoms with Crippen LogP contribution in [0, 0.1) is 10.1 Å². The van der Waals surface area contributed by atoms with Gasteiger partial charge in [0, 0.05) is 12.5 Å². The zero-order valence-electron chi connectivity index (χ0n) is 13.9. The van der Waals surface area contributed by atoms with Gasteiger partial charge >= 0.3 is 5.97 Å². The van der Waals surface area contributed by atoms with E-state index in [9.17, 15) is 14.9 Å². The SMILES string of the molecule is O=C(O/N=C(\Cc1ccccc1)c1cccs1)c1ccc(Cl)c([N+](=O)[O-])c1.